The van der Waals surface area contributed by atoms with Crippen molar-refractivity contribution in [2.45, 2.75) is 59.2 Å². The Morgan fingerprint density at radius 1 is 1.36 bits per heavy atom. The van der Waals surface area contributed by atoms with E-state index < -0.39 is 0 Å². The molecule has 0 radical (unpaired) electrons. The van der Waals surface area contributed by atoms with E-state index in [1.807, 2.05) is 13.8 Å². The molecular formula is C18H26N4O2S. The number of thiophene rings is 1. The van der Waals surface area contributed by atoms with Crippen molar-refractivity contribution in [3.8, 4) is 0 Å². The number of fused-ring (bicyclic) bond motifs is 1. The molecule has 3 heterocycles. The largest absolute Gasteiger partial charge is 0.352 e. The lowest BCUT2D eigenvalue weighted by atomic mass is 10.0. The van der Waals surface area contributed by atoms with Crippen molar-refractivity contribution in [3.05, 3.63) is 27.1 Å². The Morgan fingerprint density at radius 3 is 2.68 bits per heavy atom. The van der Waals surface area contributed by atoms with Crippen molar-refractivity contribution in [2.24, 2.45) is 0 Å². The highest BCUT2D eigenvalue weighted by atomic mass is 32.1. The number of carbonyl (C=O) groups is 1. The standard InChI is InChI=1S/C18H26N4O2S/c1-11(2)21-7-5-14(6-8-21)20-15(23)9-22-10-19-17-16(18(22)24)12(3)13(4)25-17/h10-11,14H,5-9H2,1-4H3,(H,20,23). The summed E-state index contributed by atoms with van der Waals surface area (Å²) in [7, 11) is 0. The lowest BCUT2D eigenvalue weighted by Crippen LogP contribution is -2.47. The average molecular weight is 362 g/mol. The highest BCUT2D eigenvalue weighted by molar-refractivity contribution is 7.18. The van der Waals surface area contributed by atoms with Crippen LogP contribution in [0.15, 0.2) is 11.1 Å². The molecule has 2 aromatic rings. The lowest BCUT2D eigenvalue weighted by molar-refractivity contribution is -0.122. The lowest BCUT2D eigenvalue weighted by Gasteiger charge is -2.34. The molecule has 1 saturated heterocycles. The average Bonchev–Trinajstić information content (AvgIpc) is 2.86. The maximum atomic E-state index is 12.7. The van der Waals surface area contributed by atoms with Gasteiger partial charge in [0.25, 0.3) is 5.56 Å². The predicted octanol–water partition coefficient (Wildman–Crippen LogP) is 2.06. The van der Waals surface area contributed by atoms with Gasteiger partial charge < -0.3 is 10.2 Å². The van der Waals surface area contributed by atoms with Gasteiger partial charge in [0.1, 0.15) is 11.4 Å². The number of nitrogens with zero attached hydrogens (tertiary/aromatic N) is 3. The van der Waals surface area contributed by atoms with E-state index in [9.17, 15) is 9.59 Å². The van der Waals surface area contributed by atoms with Crippen LogP contribution < -0.4 is 10.9 Å². The van der Waals surface area contributed by atoms with Crippen molar-refractivity contribution in [2.75, 3.05) is 13.1 Å². The van der Waals surface area contributed by atoms with E-state index in [1.165, 1.54) is 22.2 Å². The van der Waals surface area contributed by atoms with Crippen LogP contribution in [0.5, 0.6) is 0 Å². The molecule has 0 saturated carbocycles. The van der Waals surface area contributed by atoms with Gasteiger partial charge in [0.05, 0.1) is 11.7 Å². The number of hydrogen-bond donors (Lipinski definition) is 1. The number of likely N-dealkylation sites (tertiary alicyclic amines) is 1. The molecule has 1 N–H and O–H groups in total. The molecule has 136 valence electrons. The van der Waals surface area contributed by atoms with Crippen LogP contribution in [0.2, 0.25) is 0 Å². The fourth-order valence-corrected chi connectivity index (χ4v) is 4.36. The van der Waals surface area contributed by atoms with Crippen molar-refractivity contribution >= 4 is 27.5 Å². The summed E-state index contributed by atoms with van der Waals surface area (Å²) in [6.45, 7) is 10.4. The number of hydrogen-bond acceptors (Lipinski definition) is 5. The third-order valence-corrected chi connectivity index (χ3v) is 6.21. The summed E-state index contributed by atoms with van der Waals surface area (Å²) in [5.41, 5.74) is 0.838. The normalized spacial score (nSPS) is 16.7. The molecule has 1 amide bonds. The SMILES string of the molecule is Cc1sc2ncn(CC(=O)NC3CCN(C(C)C)CC3)c(=O)c2c1C. The summed E-state index contributed by atoms with van der Waals surface area (Å²) < 4.78 is 1.42. The molecule has 6 nitrogen and oxygen atoms in total. The van der Waals surface area contributed by atoms with Crippen LogP contribution in [0.1, 0.15) is 37.1 Å². The zero-order valence-corrected chi connectivity index (χ0v) is 16.2. The molecule has 0 unspecified atom stereocenters. The zero-order valence-electron chi connectivity index (χ0n) is 15.3. The smallest absolute Gasteiger partial charge is 0.262 e. The first-order valence-corrected chi connectivity index (χ1v) is 9.67. The van der Waals surface area contributed by atoms with Gasteiger partial charge in [-0.25, -0.2) is 4.98 Å². The van der Waals surface area contributed by atoms with Gasteiger partial charge in [0.2, 0.25) is 5.91 Å². The maximum Gasteiger partial charge on any atom is 0.262 e. The molecular weight excluding hydrogens is 336 g/mol. The molecule has 25 heavy (non-hydrogen) atoms. The molecule has 1 aliphatic rings. The molecule has 3 rings (SSSR count). The van der Waals surface area contributed by atoms with E-state index >= 15 is 0 Å². The van der Waals surface area contributed by atoms with Crippen LogP contribution >= 0.6 is 11.3 Å². The van der Waals surface area contributed by atoms with Crippen molar-refractivity contribution < 1.29 is 4.79 Å². The summed E-state index contributed by atoms with van der Waals surface area (Å²) in [6, 6.07) is 0.741. The van der Waals surface area contributed by atoms with E-state index in [1.54, 1.807) is 0 Å². The fourth-order valence-electron chi connectivity index (χ4n) is 3.37. The number of amides is 1. The van der Waals surface area contributed by atoms with Crippen LogP contribution in [0, 0.1) is 13.8 Å². The topological polar surface area (TPSA) is 67.2 Å². The molecule has 2 aromatic heterocycles. The Kier molecular flexibility index (Phi) is 5.24. The van der Waals surface area contributed by atoms with Crippen LogP contribution in [-0.2, 0) is 11.3 Å². The van der Waals surface area contributed by atoms with Gasteiger partial charge in [-0.15, -0.1) is 11.3 Å². The van der Waals surface area contributed by atoms with E-state index in [4.69, 9.17) is 0 Å². The van der Waals surface area contributed by atoms with Crippen LogP contribution in [0.3, 0.4) is 0 Å². The molecule has 1 aliphatic heterocycles. The second kappa shape index (κ2) is 7.25. The van der Waals surface area contributed by atoms with E-state index in [0.29, 0.717) is 11.4 Å². The number of carbonyl (C=O) groups excluding carboxylic acids is 1. The molecule has 0 spiro atoms. The van der Waals surface area contributed by atoms with Gasteiger partial charge in [-0.1, -0.05) is 0 Å². The summed E-state index contributed by atoms with van der Waals surface area (Å²) in [6.07, 6.45) is 3.40. The second-order valence-electron chi connectivity index (χ2n) is 7.11. The van der Waals surface area contributed by atoms with Gasteiger partial charge in [-0.2, -0.15) is 0 Å². The van der Waals surface area contributed by atoms with Crippen LogP contribution in [-0.4, -0.2) is 45.5 Å². The Balaban J connectivity index is 1.66. The van der Waals surface area contributed by atoms with Crippen molar-refractivity contribution in [3.63, 3.8) is 0 Å². The minimum absolute atomic E-state index is 0.0283. The Bertz CT molecular complexity index is 831. The van der Waals surface area contributed by atoms with Gasteiger partial charge in [0.15, 0.2) is 0 Å². The van der Waals surface area contributed by atoms with Gasteiger partial charge in [-0.3, -0.25) is 14.2 Å². The molecule has 0 bridgehead atoms. The van der Waals surface area contributed by atoms with Crippen LogP contribution in [0.25, 0.3) is 10.2 Å². The fraction of sp³-hybridized carbons (Fsp3) is 0.611. The minimum atomic E-state index is -0.128. The number of aryl methyl sites for hydroxylation is 2. The Hall–Kier alpha value is -1.73. The first kappa shape index (κ1) is 18.1. The minimum Gasteiger partial charge on any atom is -0.352 e. The van der Waals surface area contributed by atoms with Crippen molar-refractivity contribution in [1.82, 2.24) is 19.8 Å². The monoisotopic (exact) mass is 362 g/mol. The summed E-state index contributed by atoms with van der Waals surface area (Å²) in [5, 5.41) is 3.71. The van der Waals surface area contributed by atoms with E-state index in [-0.39, 0.29) is 24.1 Å². The molecule has 0 atom stereocenters. The van der Waals surface area contributed by atoms with Gasteiger partial charge in [-0.05, 0) is 46.1 Å². The number of nitrogens with one attached hydrogen (secondary N) is 1. The third-order valence-electron chi connectivity index (χ3n) is 5.09. The molecule has 7 heteroatoms. The maximum absolute atomic E-state index is 12.7. The molecule has 0 aromatic carbocycles. The quantitative estimate of drug-likeness (QED) is 0.904. The van der Waals surface area contributed by atoms with Gasteiger partial charge >= 0.3 is 0 Å². The Morgan fingerprint density at radius 2 is 2.04 bits per heavy atom. The highest BCUT2D eigenvalue weighted by Gasteiger charge is 2.22. The van der Waals surface area contributed by atoms with E-state index in [0.717, 1.165) is 41.2 Å². The number of aromatic nitrogens is 2. The summed E-state index contributed by atoms with van der Waals surface area (Å²) in [4.78, 5) is 33.6. The number of rotatable bonds is 4. The third kappa shape index (κ3) is 3.77. The zero-order chi connectivity index (χ0) is 18.1. The summed E-state index contributed by atoms with van der Waals surface area (Å²) >= 11 is 1.52. The Labute approximate surface area is 151 Å². The second-order valence-corrected chi connectivity index (χ2v) is 8.32. The van der Waals surface area contributed by atoms with Gasteiger partial charge in [0, 0.05) is 30.1 Å². The molecule has 0 aliphatic carbocycles. The summed E-state index contributed by atoms with van der Waals surface area (Å²) in [5.74, 6) is -0.115. The number of piperidine rings is 1. The predicted molar refractivity (Wildman–Crippen MR) is 101 cm³/mol. The highest BCUT2D eigenvalue weighted by Crippen LogP contribution is 2.25. The van der Waals surface area contributed by atoms with Crippen LogP contribution in [0.4, 0.5) is 0 Å². The van der Waals surface area contributed by atoms with Crippen molar-refractivity contribution in [1.29, 1.82) is 0 Å². The first-order chi connectivity index (χ1) is 11.9. The molecule has 1 fully saturated rings. The van der Waals surface area contributed by atoms with E-state index in [2.05, 4.69) is 29.0 Å². The first-order valence-electron chi connectivity index (χ1n) is 8.85.